The van der Waals surface area contributed by atoms with Gasteiger partial charge in [0, 0.05) is 11.4 Å². The molecule has 1 atom stereocenters. The fourth-order valence-electron chi connectivity index (χ4n) is 1.65. The Morgan fingerprint density at radius 3 is 2.45 bits per heavy atom. The maximum absolute atomic E-state index is 12.8. The summed E-state index contributed by atoms with van der Waals surface area (Å²) in [5.74, 6) is 0.408. The number of hydrogen-bond donors (Lipinski definition) is 1. The fourth-order valence-corrected chi connectivity index (χ4v) is 2.49. The van der Waals surface area contributed by atoms with Gasteiger partial charge in [0.15, 0.2) is 0 Å². The summed E-state index contributed by atoms with van der Waals surface area (Å²) >= 11 is 1.57. The first-order valence-corrected chi connectivity index (χ1v) is 7.42. The molecule has 0 bridgehead atoms. The second kappa shape index (κ2) is 7.10. The van der Waals surface area contributed by atoms with Crippen LogP contribution in [0.25, 0.3) is 0 Å². The Kier molecular flexibility index (Phi) is 5.18. The van der Waals surface area contributed by atoms with E-state index in [0.717, 1.165) is 5.75 Å². The van der Waals surface area contributed by atoms with Crippen LogP contribution in [0.3, 0.4) is 0 Å². The molecule has 0 aliphatic rings. The number of hydrogen-bond acceptors (Lipinski definition) is 2. The van der Waals surface area contributed by atoms with Gasteiger partial charge in [-0.05, 0) is 36.8 Å². The van der Waals surface area contributed by atoms with E-state index in [1.54, 1.807) is 23.9 Å². The number of halogens is 1. The third-order valence-electron chi connectivity index (χ3n) is 2.82. The minimum absolute atomic E-state index is 0.0717. The number of carbonyl (C=O) groups excluding carboxylic acids is 1. The lowest BCUT2D eigenvalue weighted by atomic mass is 10.2. The number of rotatable bonds is 5. The van der Waals surface area contributed by atoms with Crippen LogP contribution in [-0.4, -0.2) is 11.2 Å². The zero-order valence-corrected chi connectivity index (χ0v) is 12.0. The molecule has 4 heteroatoms. The molecule has 2 nitrogen and oxygen atoms in total. The van der Waals surface area contributed by atoms with E-state index in [1.807, 2.05) is 37.3 Å². The molecule has 1 amide bonds. The average Bonchev–Trinajstić information content (AvgIpc) is 2.48. The molecular weight excluding hydrogens is 273 g/mol. The summed E-state index contributed by atoms with van der Waals surface area (Å²) in [6, 6.07) is 15.8. The van der Waals surface area contributed by atoms with E-state index in [1.165, 1.54) is 17.7 Å². The predicted octanol–water partition coefficient (Wildman–Crippen LogP) is 4.09. The number of nitrogens with one attached hydrogen (secondary N) is 1. The van der Waals surface area contributed by atoms with Gasteiger partial charge in [0.1, 0.15) is 5.82 Å². The molecule has 0 heterocycles. The van der Waals surface area contributed by atoms with E-state index >= 15 is 0 Å². The van der Waals surface area contributed by atoms with Crippen LogP contribution < -0.4 is 5.32 Å². The first-order valence-electron chi connectivity index (χ1n) is 6.37. The van der Waals surface area contributed by atoms with Crippen molar-refractivity contribution in [2.75, 3.05) is 5.32 Å². The van der Waals surface area contributed by atoms with Crippen molar-refractivity contribution in [1.29, 1.82) is 0 Å². The second-order valence-corrected chi connectivity index (χ2v) is 5.76. The van der Waals surface area contributed by atoms with Crippen LogP contribution in [0.15, 0.2) is 54.6 Å². The van der Waals surface area contributed by atoms with Gasteiger partial charge < -0.3 is 5.32 Å². The zero-order chi connectivity index (χ0) is 14.4. The molecule has 2 rings (SSSR count). The number of amides is 1. The Morgan fingerprint density at radius 1 is 1.15 bits per heavy atom. The SMILES string of the molecule is C[C@H](SCc1ccccc1)C(=O)Nc1ccc(F)cc1. The van der Waals surface area contributed by atoms with Gasteiger partial charge in [0.05, 0.1) is 5.25 Å². The van der Waals surface area contributed by atoms with Crippen molar-refractivity contribution in [3.63, 3.8) is 0 Å². The minimum atomic E-state index is -0.311. The quantitative estimate of drug-likeness (QED) is 0.898. The number of benzene rings is 2. The molecule has 0 saturated heterocycles. The molecule has 20 heavy (non-hydrogen) atoms. The lowest BCUT2D eigenvalue weighted by Gasteiger charge is -2.12. The third kappa shape index (κ3) is 4.38. The Labute approximate surface area is 122 Å². The fraction of sp³-hybridized carbons (Fsp3) is 0.188. The minimum Gasteiger partial charge on any atom is -0.325 e. The first kappa shape index (κ1) is 14.6. The van der Waals surface area contributed by atoms with Crippen LogP contribution in [0, 0.1) is 5.82 Å². The van der Waals surface area contributed by atoms with Crippen molar-refractivity contribution in [3.8, 4) is 0 Å². The van der Waals surface area contributed by atoms with Gasteiger partial charge in [-0.1, -0.05) is 30.3 Å². The van der Waals surface area contributed by atoms with Crippen molar-refractivity contribution < 1.29 is 9.18 Å². The number of thioether (sulfide) groups is 1. The van der Waals surface area contributed by atoms with Gasteiger partial charge in [0.2, 0.25) is 5.91 Å². The van der Waals surface area contributed by atoms with Gasteiger partial charge in [-0.3, -0.25) is 4.79 Å². The van der Waals surface area contributed by atoms with Gasteiger partial charge in [0.25, 0.3) is 0 Å². The van der Waals surface area contributed by atoms with Crippen LogP contribution in [0.2, 0.25) is 0 Å². The van der Waals surface area contributed by atoms with Crippen LogP contribution in [0.4, 0.5) is 10.1 Å². The summed E-state index contributed by atoms with van der Waals surface area (Å²) in [5.41, 5.74) is 1.81. The van der Waals surface area contributed by atoms with Crippen LogP contribution >= 0.6 is 11.8 Å². The molecule has 2 aromatic carbocycles. The highest BCUT2D eigenvalue weighted by atomic mass is 32.2. The van der Waals surface area contributed by atoms with Crippen molar-refractivity contribution in [2.24, 2.45) is 0 Å². The smallest absolute Gasteiger partial charge is 0.237 e. The Balaban J connectivity index is 1.84. The Hall–Kier alpha value is -1.81. The van der Waals surface area contributed by atoms with Crippen LogP contribution in [-0.2, 0) is 10.5 Å². The van der Waals surface area contributed by atoms with Gasteiger partial charge in [-0.15, -0.1) is 11.8 Å². The number of anilines is 1. The highest BCUT2D eigenvalue weighted by molar-refractivity contribution is 7.99. The molecule has 0 fully saturated rings. The van der Waals surface area contributed by atoms with Crippen molar-refractivity contribution in [2.45, 2.75) is 17.9 Å². The summed E-state index contributed by atoms with van der Waals surface area (Å²) in [6.07, 6.45) is 0. The predicted molar refractivity (Wildman–Crippen MR) is 82.2 cm³/mol. The molecule has 2 aromatic rings. The molecule has 1 N–H and O–H groups in total. The Bertz CT molecular complexity index is 556. The van der Waals surface area contributed by atoms with Crippen LogP contribution in [0.5, 0.6) is 0 Å². The zero-order valence-electron chi connectivity index (χ0n) is 11.2. The molecule has 104 valence electrons. The monoisotopic (exact) mass is 289 g/mol. The molecular formula is C16H16FNOS. The summed E-state index contributed by atoms with van der Waals surface area (Å²) in [6.45, 7) is 1.87. The van der Waals surface area contributed by atoms with E-state index in [0.29, 0.717) is 5.69 Å². The van der Waals surface area contributed by atoms with E-state index in [4.69, 9.17) is 0 Å². The van der Waals surface area contributed by atoms with Crippen molar-refractivity contribution in [3.05, 3.63) is 66.0 Å². The highest BCUT2D eigenvalue weighted by Crippen LogP contribution is 2.19. The molecule has 0 spiro atoms. The van der Waals surface area contributed by atoms with E-state index in [2.05, 4.69) is 5.32 Å². The summed E-state index contributed by atoms with van der Waals surface area (Å²) in [5, 5.41) is 2.61. The lowest BCUT2D eigenvalue weighted by Crippen LogP contribution is -2.22. The largest absolute Gasteiger partial charge is 0.325 e. The molecule has 0 radical (unpaired) electrons. The number of carbonyl (C=O) groups is 1. The highest BCUT2D eigenvalue weighted by Gasteiger charge is 2.13. The second-order valence-electron chi connectivity index (χ2n) is 4.43. The molecule has 0 aliphatic carbocycles. The average molecular weight is 289 g/mol. The van der Waals surface area contributed by atoms with Crippen molar-refractivity contribution in [1.82, 2.24) is 0 Å². The van der Waals surface area contributed by atoms with Gasteiger partial charge in [-0.25, -0.2) is 4.39 Å². The summed E-state index contributed by atoms with van der Waals surface area (Å²) in [4.78, 5) is 12.0. The van der Waals surface area contributed by atoms with E-state index in [9.17, 15) is 9.18 Å². The maximum Gasteiger partial charge on any atom is 0.237 e. The lowest BCUT2D eigenvalue weighted by molar-refractivity contribution is -0.115. The molecule has 0 aliphatic heterocycles. The van der Waals surface area contributed by atoms with Crippen LogP contribution in [0.1, 0.15) is 12.5 Å². The third-order valence-corrected chi connectivity index (χ3v) is 4.04. The molecule has 0 saturated carbocycles. The van der Waals surface area contributed by atoms with Gasteiger partial charge in [-0.2, -0.15) is 0 Å². The summed E-state index contributed by atoms with van der Waals surface area (Å²) in [7, 11) is 0. The maximum atomic E-state index is 12.8. The standard InChI is InChI=1S/C16H16FNOS/c1-12(20-11-13-5-3-2-4-6-13)16(19)18-15-9-7-14(17)8-10-15/h2-10,12H,11H2,1H3,(H,18,19)/t12-/m0/s1. The van der Waals surface area contributed by atoms with Gasteiger partial charge >= 0.3 is 0 Å². The molecule has 0 aromatic heterocycles. The van der Waals surface area contributed by atoms with Crippen molar-refractivity contribution >= 4 is 23.4 Å². The van der Waals surface area contributed by atoms with E-state index < -0.39 is 0 Å². The summed E-state index contributed by atoms with van der Waals surface area (Å²) < 4.78 is 12.8. The normalized spacial score (nSPS) is 11.9. The topological polar surface area (TPSA) is 29.1 Å². The van der Waals surface area contributed by atoms with E-state index in [-0.39, 0.29) is 17.0 Å². The Morgan fingerprint density at radius 2 is 1.80 bits per heavy atom. The molecule has 0 unspecified atom stereocenters. The first-order chi connectivity index (χ1) is 9.65.